The molecule has 0 radical (unpaired) electrons. The molecule has 1 aromatic heterocycles. The van der Waals surface area contributed by atoms with Crippen LogP contribution in [0.4, 0.5) is 0 Å². The van der Waals surface area contributed by atoms with Crippen molar-refractivity contribution < 1.29 is 0 Å². The van der Waals surface area contributed by atoms with Crippen molar-refractivity contribution in [1.29, 1.82) is 0 Å². The number of benzene rings is 1. The zero-order valence-corrected chi connectivity index (χ0v) is 9.04. The van der Waals surface area contributed by atoms with E-state index in [2.05, 4.69) is 27.4 Å². The Morgan fingerprint density at radius 2 is 2.00 bits per heavy atom. The molecule has 78 valence electrons. The topological polar surface area (TPSA) is 40.7 Å². The Labute approximate surface area is 89.6 Å². The number of nitrogens with zero attached hydrogens (tertiary/aromatic N) is 1. The second kappa shape index (κ2) is 4.28. The van der Waals surface area contributed by atoms with Gasteiger partial charge in [0.15, 0.2) is 0 Å². The summed E-state index contributed by atoms with van der Waals surface area (Å²) in [5.74, 6) is 0.958. The molecular formula is C12H15N3. The van der Waals surface area contributed by atoms with Crippen molar-refractivity contribution in [2.45, 2.75) is 13.5 Å². The molecular weight excluding hydrogens is 186 g/mol. The van der Waals surface area contributed by atoms with Crippen LogP contribution >= 0.6 is 0 Å². The highest BCUT2D eigenvalue weighted by Crippen LogP contribution is 2.20. The maximum Gasteiger partial charge on any atom is 0.103 e. The van der Waals surface area contributed by atoms with E-state index in [1.165, 1.54) is 0 Å². The third kappa shape index (κ3) is 2.07. The van der Waals surface area contributed by atoms with Crippen molar-refractivity contribution in [1.82, 2.24) is 15.3 Å². The first-order valence-electron chi connectivity index (χ1n) is 5.07. The lowest BCUT2D eigenvalue weighted by Crippen LogP contribution is -2.06. The average Bonchev–Trinajstić information content (AvgIpc) is 2.62. The van der Waals surface area contributed by atoms with E-state index < -0.39 is 0 Å². The van der Waals surface area contributed by atoms with E-state index in [1.54, 1.807) is 0 Å². The van der Waals surface area contributed by atoms with Crippen LogP contribution < -0.4 is 5.32 Å². The zero-order valence-electron chi connectivity index (χ0n) is 9.04. The predicted octanol–water partition coefficient (Wildman–Crippen LogP) is 2.10. The lowest BCUT2D eigenvalue weighted by atomic mass is 10.1. The monoisotopic (exact) mass is 201 g/mol. The second-order valence-corrected chi connectivity index (χ2v) is 3.55. The molecule has 0 aliphatic heterocycles. The van der Waals surface area contributed by atoms with Crippen molar-refractivity contribution in [3.05, 3.63) is 41.9 Å². The highest BCUT2D eigenvalue weighted by Gasteiger charge is 2.08. The molecule has 0 unspecified atom stereocenters. The summed E-state index contributed by atoms with van der Waals surface area (Å²) in [5, 5.41) is 3.14. The fourth-order valence-electron chi connectivity index (χ4n) is 1.68. The van der Waals surface area contributed by atoms with Crippen LogP contribution in [0.1, 0.15) is 11.5 Å². The number of hydrogen-bond donors (Lipinski definition) is 2. The molecule has 1 heterocycles. The highest BCUT2D eigenvalue weighted by atomic mass is 15.0. The molecule has 0 amide bonds. The van der Waals surface area contributed by atoms with Gasteiger partial charge in [-0.2, -0.15) is 0 Å². The number of H-pyrrole nitrogens is 1. The number of aromatic amines is 1. The van der Waals surface area contributed by atoms with Gasteiger partial charge in [0, 0.05) is 12.1 Å². The Morgan fingerprint density at radius 3 is 2.67 bits per heavy atom. The van der Waals surface area contributed by atoms with Crippen LogP contribution in [0.2, 0.25) is 0 Å². The van der Waals surface area contributed by atoms with Gasteiger partial charge in [0.2, 0.25) is 0 Å². The van der Waals surface area contributed by atoms with E-state index in [9.17, 15) is 0 Å². The molecule has 1 aromatic carbocycles. The Morgan fingerprint density at radius 1 is 1.27 bits per heavy atom. The molecule has 0 spiro atoms. The molecule has 0 atom stereocenters. The zero-order chi connectivity index (χ0) is 10.7. The maximum atomic E-state index is 4.50. The third-order valence-electron chi connectivity index (χ3n) is 2.30. The molecule has 0 saturated carbocycles. The summed E-state index contributed by atoms with van der Waals surface area (Å²) in [6.45, 7) is 2.79. The van der Waals surface area contributed by atoms with Gasteiger partial charge in [0.05, 0.1) is 11.4 Å². The van der Waals surface area contributed by atoms with Crippen molar-refractivity contribution in [2.75, 3.05) is 7.05 Å². The third-order valence-corrected chi connectivity index (χ3v) is 2.30. The maximum absolute atomic E-state index is 4.50. The van der Waals surface area contributed by atoms with Gasteiger partial charge in [0.25, 0.3) is 0 Å². The van der Waals surface area contributed by atoms with Crippen LogP contribution in [0, 0.1) is 6.92 Å². The standard InChI is InChI=1S/C12H15N3/c1-9-14-11(8-13-2)12(15-9)10-6-4-3-5-7-10/h3-7,13H,8H2,1-2H3,(H,14,15). The lowest BCUT2D eigenvalue weighted by Gasteiger charge is -2.01. The largest absolute Gasteiger partial charge is 0.345 e. The Bertz CT molecular complexity index is 431. The van der Waals surface area contributed by atoms with Gasteiger partial charge < -0.3 is 10.3 Å². The van der Waals surface area contributed by atoms with Gasteiger partial charge in [0.1, 0.15) is 5.82 Å². The van der Waals surface area contributed by atoms with Gasteiger partial charge >= 0.3 is 0 Å². The van der Waals surface area contributed by atoms with Gasteiger partial charge in [-0.3, -0.25) is 0 Å². The number of rotatable bonds is 3. The number of nitrogens with one attached hydrogen (secondary N) is 2. The Balaban J connectivity index is 2.43. The summed E-state index contributed by atoms with van der Waals surface area (Å²) < 4.78 is 0. The van der Waals surface area contributed by atoms with Crippen molar-refractivity contribution >= 4 is 0 Å². The molecule has 2 N–H and O–H groups in total. The first-order chi connectivity index (χ1) is 7.31. The summed E-state index contributed by atoms with van der Waals surface area (Å²) in [5.41, 5.74) is 3.34. The van der Waals surface area contributed by atoms with Gasteiger partial charge in [-0.25, -0.2) is 4.98 Å². The fraction of sp³-hybridized carbons (Fsp3) is 0.250. The fourth-order valence-corrected chi connectivity index (χ4v) is 1.68. The van der Waals surface area contributed by atoms with Gasteiger partial charge in [-0.05, 0) is 14.0 Å². The molecule has 3 nitrogen and oxygen atoms in total. The van der Waals surface area contributed by atoms with E-state index in [0.717, 1.165) is 29.3 Å². The van der Waals surface area contributed by atoms with E-state index >= 15 is 0 Å². The molecule has 0 fully saturated rings. The van der Waals surface area contributed by atoms with Crippen LogP contribution in [0.25, 0.3) is 11.3 Å². The average molecular weight is 201 g/mol. The molecule has 2 rings (SSSR count). The first-order valence-corrected chi connectivity index (χ1v) is 5.07. The summed E-state index contributed by atoms with van der Waals surface area (Å²) in [6.07, 6.45) is 0. The highest BCUT2D eigenvalue weighted by molar-refractivity contribution is 5.61. The lowest BCUT2D eigenvalue weighted by molar-refractivity contribution is 0.796. The number of aromatic nitrogens is 2. The minimum absolute atomic E-state index is 0.811. The molecule has 0 aliphatic rings. The SMILES string of the molecule is CNCc1[nH]c(C)nc1-c1ccccc1. The summed E-state index contributed by atoms with van der Waals surface area (Å²) in [7, 11) is 1.94. The van der Waals surface area contributed by atoms with E-state index in [0.29, 0.717) is 0 Å². The molecule has 2 aromatic rings. The second-order valence-electron chi connectivity index (χ2n) is 3.55. The van der Waals surface area contributed by atoms with E-state index in [-0.39, 0.29) is 0 Å². The minimum atomic E-state index is 0.811. The molecule has 0 aliphatic carbocycles. The van der Waals surface area contributed by atoms with Crippen LogP contribution in [-0.2, 0) is 6.54 Å². The smallest absolute Gasteiger partial charge is 0.103 e. The van der Waals surface area contributed by atoms with Crippen molar-refractivity contribution in [2.24, 2.45) is 0 Å². The number of imidazole rings is 1. The predicted molar refractivity (Wildman–Crippen MR) is 61.5 cm³/mol. The van der Waals surface area contributed by atoms with Gasteiger partial charge in [-0.15, -0.1) is 0 Å². The van der Waals surface area contributed by atoms with Crippen molar-refractivity contribution in [3.8, 4) is 11.3 Å². The summed E-state index contributed by atoms with van der Waals surface area (Å²) in [4.78, 5) is 7.77. The Hall–Kier alpha value is -1.61. The molecule has 0 saturated heterocycles. The summed E-state index contributed by atoms with van der Waals surface area (Å²) in [6, 6.07) is 10.2. The minimum Gasteiger partial charge on any atom is -0.345 e. The van der Waals surface area contributed by atoms with E-state index in [1.807, 2.05) is 32.2 Å². The number of hydrogen-bond acceptors (Lipinski definition) is 2. The van der Waals surface area contributed by atoms with Crippen LogP contribution in [0.3, 0.4) is 0 Å². The van der Waals surface area contributed by atoms with Crippen LogP contribution in [0.15, 0.2) is 30.3 Å². The molecule has 15 heavy (non-hydrogen) atoms. The normalized spacial score (nSPS) is 10.5. The quantitative estimate of drug-likeness (QED) is 0.798. The first kappa shape index (κ1) is 9.93. The van der Waals surface area contributed by atoms with Gasteiger partial charge in [-0.1, -0.05) is 30.3 Å². The van der Waals surface area contributed by atoms with Crippen molar-refractivity contribution in [3.63, 3.8) is 0 Å². The molecule has 3 heteroatoms. The van der Waals surface area contributed by atoms with E-state index in [4.69, 9.17) is 0 Å². The van der Waals surface area contributed by atoms with Crippen LogP contribution in [-0.4, -0.2) is 17.0 Å². The number of aryl methyl sites for hydroxylation is 1. The molecule has 0 bridgehead atoms. The Kier molecular flexibility index (Phi) is 2.83. The summed E-state index contributed by atoms with van der Waals surface area (Å²) >= 11 is 0. The van der Waals surface area contributed by atoms with Crippen LogP contribution in [0.5, 0.6) is 0 Å².